The summed E-state index contributed by atoms with van der Waals surface area (Å²) in [5, 5.41) is 0.523. The highest BCUT2D eigenvalue weighted by atomic mass is 32.1. The van der Waals surface area contributed by atoms with E-state index in [1.165, 1.54) is 0 Å². The summed E-state index contributed by atoms with van der Waals surface area (Å²) in [6.07, 6.45) is -2.34. The molecule has 1 saturated heterocycles. The van der Waals surface area contributed by atoms with E-state index in [-0.39, 0.29) is 0 Å². The van der Waals surface area contributed by atoms with E-state index in [4.69, 9.17) is 5.73 Å². The van der Waals surface area contributed by atoms with Crippen molar-refractivity contribution in [3.8, 4) is 0 Å². The maximum absolute atomic E-state index is 12.4. The van der Waals surface area contributed by atoms with Gasteiger partial charge in [0.2, 0.25) is 0 Å². The van der Waals surface area contributed by atoms with Crippen LogP contribution in [0.25, 0.3) is 0 Å². The molecule has 7 heteroatoms. The van der Waals surface area contributed by atoms with Crippen LogP contribution in [0, 0.1) is 5.92 Å². The molecule has 0 amide bonds. The van der Waals surface area contributed by atoms with E-state index in [0.29, 0.717) is 24.0 Å². The first-order chi connectivity index (χ1) is 7.99. The second-order valence-electron chi connectivity index (χ2n) is 4.24. The van der Waals surface area contributed by atoms with Gasteiger partial charge in [-0.05, 0) is 25.4 Å². The molecule has 0 bridgehead atoms. The van der Waals surface area contributed by atoms with Gasteiger partial charge in [-0.3, -0.25) is 4.90 Å². The van der Waals surface area contributed by atoms with Crippen LogP contribution in [0.5, 0.6) is 0 Å². The molecule has 0 aromatic carbocycles. The van der Waals surface area contributed by atoms with Crippen LogP contribution in [0.4, 0.5) is 13.2 Å². The van der Waals surface area contributed by atoms with Crippen molar-refractivity contribution in [2.24, 2.45) is 11.7 Å². The zero-order chi connectivity index (χ0) is 12.5. The van der Waals surface area contributed by atoms with Crippen LogP contribution in [0.2, 0.25) is 0 Å². The minimum Gasteiger partial charge on any atom is -0.330 e. The first kappa shape index (κ1) is 12.8. The van der Waals surface area contributed by atoms with Gasteiger partial charge in [-0.2, -0.15) is 13.2 Å². The molecule has 0 radical (unpaired) electrons. The van der Waals surface area contributed by atoms with Crippen LogP contribution in [0.15, 0.2) is 6.20 Å². The highest BCUT2D eigenvalue weighted by Crippen LogP contribution is 2.33. The third kappa shape index (κ3) is 3.17. The largest absolute Gasteiger partial charge is 0.427 e. The Bertz CT molecular complexity index is 377. The summed E-state index contributed by atoms with van der Waals surface area (Å²) in [5.41, 5.74) is 5.56. The van der Waals surface area contributed by atoms with Gasteiger partial charge < -0.3 is 5.73 Å². The molecule has 1 atom stereocenters. The fourth-order valence-corrected chi connectivity index (χ4v) is 2.78. The van der Waals surface area contributed by atoms with E-state index in [1.807, 2.05) is 0 Å². The third-order valence-corrected chi connectivity index (χ3v) is 3.92. The highest BCUT2D eigenvalue weighted by molar-refractivity contribution is 7.11. The first-order valence-electron chi connectivity index (χ1n) is 5.43. The Morgan fingerprint density at radius 1 is 1.53 bits per heavy atom. The predicted octanol–water partition coefficient (Wildman–Crippen LogP) is 1.94. The van der Waals surface area contributed by atoms with Gasteiger partial charge in [0.1, 0.15) is 9.88 Å². The standard InChI is InChI=1S/C10H14F3N3S/c11-10(12,13)8-4-15-9(17-8)6-16-2-1-7(3-14)5-16/h4,7H,1-3,5-6,14H2. The number of aromatic nitrogens is 1. The molecule has 0 aliphatic carbocycles. The number of likely N-dealkylation sites (tertiary alicyclic amines) is 1. The molecule has 96 valence electrons. The van der Waals surface area contributed by atoms with E-state index >= 15 is 0 Å². The average Bonchev–Trinajstić information content (AvgIpc) is 2.86. The van der Waals surface area contributed by atoms with E-state index < -0.39 is 11.1 Å². The number of nitrogens with zero attached hydrogens (tertiary/aromatic N) is 2. The van der Waals surface area contributed by atoms with Gasteiger partial charge >= 0.3 is 6.18 Å². The molecule has 17 heavy (non-hydrogen) atoms. The molecule has 1 aromatic rings. The van der Waals surface area contributed by atoms with Crippen molar-refractivity contribution in [3.63, 3.8) is 0 Å². The number of thiazole rings is 1. The smallest absolute Gasteiger partial charge is 0.330 e. The normalized spacial score (nSPS) is 22.2. The van der Waals surface area contributed by atoms with E-state index in [2.05, 4.69) is 9.88 Å². The molecule has 1 fully saturated rings. The summed E-state index contributed by atoms with van der Waals surface area (Å²) < 4.78 is 37.1. The SMILES string of the molecule is NCC1CCN(Cc2ncc(C(F)(F)F)s2)C1. The van der Waals surface area contributed by atoms with Crippen LogP contribution in [0.3, 0.4) is 0 Å². The van der Waals surface area contributed by atoms with Crippen molar-refractivity contribution in [3.05, 3.63) is 16.1 Å². The van der Waals surface area contributed by atoms with Gasteiger partial charge in [0, 0.05) is 6.54 Å². The Balaban J connectivity index is 1.94. The van der Waals surface area contributed by atoms with Gasteiger partial charge in [0.05, 0.1) is 12.7 Å². The van der Waals surface area contributed by atoms with Crippen LogP contribution in [-0.2, 0) is 12.7 Å². The van der Waals surface area contributed by atoms with Gasteiger partial charge in [0.15, 0.2) is 0 Å². The molecule has 1 aliphatic rings. The Labute approximate surface area is 101 Å². The average molecular weight is 265 g/mol. The highest BCUT2D eigenvalue weighted by Gasteiger charge is 2.33. The first-order valence-corrected chi connectivity index (χ1v) is 6.25. The van der Waals surface area contributed by atoms with E-state index in [1.54, 1.807) is 0 Å². The lowest BCUT2D eigenvalue weighted by molar-refractivity contribution is -0.134. The molecule has 0 saturated carbocycles. The minimum absolute atomic E-state index is 0.469. The summed E-state index contributed by atoms with van der Waals surface area (Å²) >= 11 is 0.726. The summed E-state index contributed by atoms with van der Waals surface area (Å²) in [4.78, 5) is 5.31. The fraction of sp³-hybridized carbons (Fsp3) is 0.700. The Morgan fingerprint density at radius 2 is 2.29 bits per heavy atom. The number of rotatable bonds is 3. The zero-order valence-electron chi connectivity index (χ0n) is 9.20. The number of halogens is 3. The van der Waals surface area contributed by atoms with Gasteiger partial charge in [-0.25, -0.2) is 4.98 Å². The van der Waals surface area contributed by atoms with Gasteiger partial charge in [-0.1, -0.05) is 0 Å². The summed E-state index contributed by atoms with van der Waals surface area (Å²) in [6, 6.07) is 0. The number of hydrogen-bond donors (Lipinski definition) is 1. The molecule has 2 N–H and O–H groups in total. The van der Waals surface area contributed by atoms with Crippen molar-refractivity contribution >= 4 is 11.3 Å². The minimum atomic E-state index is -4.28. The van der Waals surface area contributed by atoms with Crippen LogP contribution >= 0.6 is 11.3 Å². The molecular weight excluding hydrogens is 251 g/mol. The second-order valence-corrected chi connectivity index (χ2v) is 5.36. The quantitative estimate of drug-likeness (QED) is 0.908. The number of alkyl halides is 3. The lowest BCUT2D eigenvalue weighted by atomic mass is 10.1. The Kier molecular flexibility index (Phi) is 3.70. The molecule has 0 spiro atoms. The maximum atomic E-state index is 12.4. The van der Waals surface area contributed by atoms with Crippen LogP contribution in [0.1, 0.15) is 16.3 Å². The van der Waals surface area contributed by atoms with Crippen molar-refractivity contribution in [1.82, 2.24) is 9.88 Å². The lowest BCUT2D eigenvalue weighted by Crippen LogP contribution is -2.22. The van der Waals surface area contributed by atoms with Crippen molar-refractivity contribution < 1.29 is 13.2 Å². The van der Waals surface area contributed by atoms with Crippen molar-refractivity contribution in [1.29, 1.82) is 0 Å². The number of hydrogen-bond acceptors (Lipinski definition) is 4. The molecule has 1 aliphatic heterocycles. The van der Waals surface area contributed by atoms with E-state index in [9.17, 15) is 13.2 Å². The number of nitrogens with two attached hydrogens (primary N) is 1. The molecule has 1 unspecified atom stereocenters. The van der Waals surface area contributed by atoms with Gasteiger partial charge in [0.25, 0.3) is 0 Å². The predicted molar refractivity (Wildman–Crippen MR) is 59.6 cm³/mol. The molecule has 2 rings (SSSR count). The summed E-state index contributed by atoms with van der Waals surface area (Å²) in [7, 11) is 0. The Morgan fingerprint density at radius 3 is 2.82 bits per heavy atom. The third-order valence-electron chi connectivity index (χ3n) is 2.90. The summed E-state index contributed by atoms with van der Waals surface area (Å²) in [6.45, 7) is 2.89. The van der Waals surface area contributed by atoms with Crippen molar-refractivity contribution in [2.45, 2.75) is 19.1 Å². The lowest BCUT2D eigenvalue weighted by Gasteiger charge is -2.13. The van der Waals surface area contributed by atoms with Crippen molar-refractivity contribution in [2.75, 3.05) is 19.6 Å². The maximum Gasteiger partial charge on any atom is 0.427 e. The molecular formula is C10H14F3N3S. The van der Waals surface area contributed by atoms with Crippen LogP contribution in [-0.4, -0.2) is 29.5 Å². The zero-order valence-corrected chi connectivity index (χ0v) is 10.0. The van der Waals surface area contributed by atoms with E-state index in [0.717, 1.165) is 37.0 Å². The second kappa shape index (κ2) is 4.91. The van der Waals surface area contributed by atoms with Gasteiger partial charge in [-0.15, -0.1) is 11.3 Å². The summed E-state index contributed by atoms with van der Waals surface area (Å²) in [5.74, 6) is 0.469. The monoisotopic (exact) mass is 265 g/mol. The fourth-order valence-electron chi connectivity index (χ4n) is 1.95. The molecule has 1 aromatic heterocycles. The topological polar surface area (TPSA) is 42.1 Å². The van der Waals surface area contributed by atoms with Crippen LogP contribution < -0.4 is 5.73 Å². The Hall–Kier alpha value is -0.660. The molecule has 3 nitrogen and oxygen atoms in total. The molecule has 2 heterocycles.